The molecule has 0 bridgehead atoms. The molecule has 3 rings (SSSR count). The number of benzene rings is 1. The Morgan fingerprint density at radius 3 is 2.50 bits per heavy atom. The van der Waals surface area contributed by atoms with Gasteiger partial charge in [0.2, 0.25) is 11.8 Å². The maximum Gasteiger partial charge on any atom is 0.231 e. The minimum absolute atomic E-state index is 0.150. The summed E-state index contributed by atoms with van der Waals surface area (Å²) < 4.78 is 0. The molecule has 2 fully saturated rings. The van der Waals surface area contributed by atoms with Crippen molar-refractivity contribution in [1.29, 1.82) is 0 Å². The van der Waals surface area contributed by atoms with Crippen LogP contribution in [0.15, 0.2) is 24.3 Å². The van der Waals surface area contributed by atoms with Gasteiger partial charge in [-0.05, 0) is 17.7 Å². The molecule has 2 aliphatic heterocycles. The Labute approximate surface area is 104 Å². The molecule has 18 heavy (non-hydrogen) atoms. The molecule has 0 aliphatic carbocycles. The third kappa shape index (κ3) is 1.86. The molecule has 1 aromatic rings. The maximum absolute atomic E-state index is 11.5. The maximum atomic E-state index is 11.5. The van der Waals surface area contributed by atoms with Gasteiger partial charge in [0.15, 0.2) is 0 Å². The van der Waals surface area contributed by atoms with Crippen LogP contribution in [-0.2, 0) is 16.1 Å². The van der Waals surface area contributed by atoms with Crippen molar-refractivity contribution in [3.63, 3.8) is 0 Å². The second-order valence-electron chi connectivity index (χ2n) is 4.93. The van der Waals surface area contributed by atoms with E-state index in [4.69, 9.17) is 0 Å². The summed E-state index contributed by atoms with van der Waals surface area (Å²) in [5, 5.41) is 11.8. The average molecular weight is 246 g/mol. The van der Waals surface area contributed by atoms with E-state index in [-0.39, 0.29) is 29.4 Å². The molecular weight excluding hydrogens is 232 g/mol. The third-order valence-corrected chi connectivity index (χ3v) is 3.63. The van der Waals surface area contributed by atoms with Crippen molar-refractivity contribution >= 4 is 11.8 Å². The lowest BCUT2D eigenvalue weighted by atomic mass is 10.00. The van der Waals surface area contributed by atoms with Crippen molar-refractivity contribution < 1.29 is 14.7 Å². The normalized spacial score (nSPS) is 27.3. The minimum atomic E-state index is -0.199. The molecule has 0 unspecified atom stereocenters. The summed E-state index contributed by atoms with van der Waals surface area (Å²) >= 11 is 0. The number of phenolic OH excluding ortho intramolecular Hbond substituents is 1. The standard InChI is InChI=1S/C13H14N2O3/c16-9-3-1-2-8(4-9)5-15-6-10-11(7-15)13(18)14-12(10)17/h1-4,10-11,16H,5-7H2,(H,14,17,18)/t10-,11+. The van der Waals surface area contributed by atoms with Gasteiger partial charge in [-0.1, -0.05) is 12.1 Å². The fourth-order valence-electron chi connectivity index (χ4n) is 2.77. The highest BCUT2D eigenvalue weighted by Gasteiger charge is 2.47. The molecule has 2 N–H and O–H groups in total. The first kappa shape index (κ1) is 11.2. The topological polar surface area (TPSA) is 69.6 Å². The van der Waals surface area contributed by atoms with Crippen molar-refractivity contribution in [3.05, 3.63) is 29.8 Å². The number of aromatic hydroxyl groups is 1. The van der Waals surface area contributed by atoms with E-state index in [1.165, 1.54) is 0 Å². The zero-order chi connectivity index (χ0) is 12.7. The van der Waals surface area contributed by atoms with E-state index in [1.54, 1.807) is 18.2 Å². The smallest absolute Gasteiger partial charge is 0.231 e. The van der Waals surface area contributed by atoms with Crippen LogP contribution in [0.4, 0.5) is 0 Å². The van der Waals surface area contributed by atoms with Crippen molar-refractivity contribution in [2.75, 3.05) is 13.1 Å². The van der Waals surface area contributed by atoms with E-state index in [0.717, 1.165) is 5.56 Å². The molecule has 5 heteroatoms. The lowest BCUT2D eigenvalue weighted by Crippen LogP contribution is -2.31. The first-order chi connectivity index (χ1) is 8.63. The molecule has 2 aliphatic rings. The van der Waals surface area contributed by atoms with E-state index in [1.807, 2.05) is 6.07 Å². The Bertz CT molecular complexity index is 493. The van der Waals surface area contributed by atoms with Gasteiger partial charge < -0.3 is 5.11 Å². The fraction of sp³-hybridized carbons (Fsp3) is 0.385. The zero-order valence-electron chi connectivity index (χ0n) is 9.80. The van der Waals surface area contributed by atoms with Crippen molar-refractivity contribution in [2.45, 2.75) is 6.54 Å². The lowest BCUT2D eigenvalue weighted by Gasteiger charge is -2.16. The molecule has 2 atom stereocenters. The van der Waals surface area contributed by atoms with Crippen LogP contribution in [0.3, 0.4) is 0 Å². The van der Waals surface area contributed by atoms with Crippen LogP contribution in [0.25, 0.3) is 0 Å². The highest BCUT2D eigenvalue weighted by Crippen LogP contribution is 2.29. The second-order valence-corrected chi connectivity index (χ2v) is 4.93. The van der Waals surface area contributed by atoms with Crippen LogP contribution in [0.2, 0.25) is 0 Å². The number of amides is 2. The molecule has 0 radical (unpaired) electrons. The van der Waals surface area contributed by atoms with E-state index in [0.29, 0.717) is 19.6 Å². The molecule has 1 aromatic carbocycles. The monoisotopic (exact) mass is 246 g/mol. The Morgan fingerprint density at radius 2 is 1.89 bits per heavy atom. The summed E-state index contributed by atoms with van der Waals surface area (Å²) in [6, 6.07) is 7.05. The van der Waals surface area contributed by atoms with Gasteiger partial charge in [-0.15, -0.1) is 0 Å². The Hall–Kier alpha value is -1.88. The molecule has 2 saturated heterocycles. The molecule has 2 amide bonds. The largest absolute Gasteiger partial charge is 0.508 e. The number of rotatable bonds is 2. The Morgan fingerprint density at radius 1 is 1.22 bits per heavy atom. The predicted molar refractivity (Wildman–Crippen MR) is 63.5 cm³/mol. The van der Waals surface area contributed by atoms with Crippen LogP contribution < -0.4 is 5.32 Å². The van der Waals surface area contributed by atoms with Gasteiger partial charge in [-0.25, -0.2) is 0 Å². The number of hydrogen-bond donors (Lipinski definition) is 2. The number of fused-ring (bicyclic) bond motifs is 1. The molecule has 94 valence electrons. The van der Waals surface area contributed by atoms with Crippen molar-refractivity contribution in [2.24, 2.45) is 11.8 Å². The highest BCUT2D eigenvalue weighted by atomic mass is 16.3. The van der Waals surface area contributed by atoms with Gasteiger partial charge in [0.1, 0.15) is 5.75 Å². The zero-order valence-corrected chi connectivity index (χ0v) is 9.80. The molecule has 0 saturated carbocycles. The predicted octanol–water partition coefficient (Wildman–Crippen LogP) is 0.0966. The van der Waals surface area contributed by atoms with Crippen LogP contribution >= 0.6 is 0 Å². The first-order valence-electron chi connectivity index (χ1n) is 5.98. The van der Waals surface area contributed by atoms with Crippen LogP contribution in [0.5, 0.6) is 5.75 Å². The summed E-state index contributed by atoms with van der Waals surface area (Å²) in [6.07, 6.45) is 0. The number of carbonyl (C=O) groups is 2. The summed E-state index contributed by atoms with van der Waals surface area (Å²) in [7, 11) is 0. The van der Waals surface area contributed by atoms with E-state index < -0.39 is 0 Å². The highest BCUT2D eigenvalue weighted by molar-refractivity contribution is 6.05. The quantitative estimate of drug-likeness (QED) is 0.726. The van der Waals surface area contributed by atoms with E-state index in [2.05, 4.69) is 10.2 Å². The van der Waals surface area contributed by atoms with E-state index in [9.17, 15) is 14.7 Å². The second kappa shape index (κ2) is 4.10. The van der Waals surface area contributed by atoms with Gasteiger partial charge >= 0.3 is 0 Å². The first-order valence-corrected chi connectivity index (χ1v) is 5.98. The van der Waals surface area contributed by atoms with Crippen LogP contribution in [0.1, 0.15) is 5.56 Å². The summed E-state index contributed by atoms with van der Waals surface area (Å²) in [5.41, 5.74) is 0.989. The number of likely N-dealkylation sites (tertiary alicyclic amines) is 1. The minimum Gasteiger partial charge on any atom is -0.508 e. The number of hydrogen-bond acceptors (Lipinski definition) is 4. The summed E-state index contributed by atoms with van der Waals surface area (Å²) in [5.74, 6) is -0.461. The molecule has 0 aromatic heterocycles. The number of imide groups is 1. The van der Waals surface area contributed by atoms with Crippen LogP contribution in [-0.4, -0.2) is 34.9 Å². The van der Waals surface area contributed by atoms with Gasteiger partial charge in [-0.2, -0.15) is 0 Å². The van der Waals surface area contributed by atoms with Gasteiger partial charge in [-0.3, -0.25) is 19.8 Å². The summed E-state index contributed by atoms with van der Waals surface area (Å²) in [6.45, 7) is 1.87. The Balaban J connectivity index is 1.70. The fourth-order valence-corrected chi connectivity index (χ4v) is 2.77. The molecule has 5 nitrogen and oxygen atoms in total. The van der Waals surface area contributed by atoms with E-state index >= 15 is 0 Å². The van der Waals surface area contributed by atoms with Crippen molar-refractivity contribution in [3.8, 4) is 5.75 Å². The molecule has 0 spiro atoms. The average Bonchev–Trinajstić information content (AvgIpc) is 2.82. The SMILES string of the molecule is O=C1NC(=O)[C@@H]2CN(Cc3cccc(O)c3)C[C@H]12. The van der Waals surface area contributed by atoms with Gasteiger partial charge in [0.05, 0.1) is 11.8 Å². The third-order valence-electron chi connectivity index (χ3n) is 3.63. The molecular formula is C13H14N2O3. The van der Waals surface area contributed by atoms with Crippen LogP contribution in [0, 0.1) is 11.8 Å². The van der Waals surface area contributed by atoms with Crippen molar-refractivity contribution in [1.82, 2.24) is 10.2 Å². The number of nitrogens with one attached hydrogen (secondary N) is 1. The van der Waals surface area contributed by atoms with Gasteiger partial charge in [0, 0.05) is 19.6 Å². The number of nitrogens with zero attached hydrogens (tertiary/aromatic N) is 1. The Kier molecular flexibility index (Phi) is 2.56. The van der Waals surface area contributed by atoms with Gasteiger partial charge in [0.25, 0.3) is 0 Å². The number of phenols is 1. The lowest BCUT2D eigenvalue weighted by molar-refractivity contribution is -0.126. The number of carbonyl (C=O) groups excluding carboxylic acids is 2. The molecule has 2 heterocycles. The summed E-state index contributed by atoms with van der Waals surface area (Å²) in [4.78, 5) is 25.1.